The van der Waals surface area contributed by atoms with Gasteiger partial charge in [-0.15, -0.1) is 0 Å². The number of rotatable bonds is 9. The van der Waals surface area contributed by atoms with Gasteiger partial charge in [0.25, 0.3) is 0 Å². The van der Waals surface area contributed by atoms with Gasteiger partial charge >= 0.3 is 0 Å². The van der Waals surface area contributed by atoms with E-state index >= 15 is 0 Å². The summed E-state index contributed by atoms with van der Waals surface area (Å²) in [6.07, 6.45) is 1.27. The Morgan fingerprint density at radius 2 is 2.11 bits per heavy atom. The molecule has 0 bridgehead atoms. The summed E-state index contributed by atoms with van der Waals surface area (Å²) in [6, 6.07) is 0. The molecular formula is C12H25N3O3. The molecule has 0 spiro atoms. The molecule has 3 N–H and O–H groups in total. The van der Waals surface area contributed by atoms with Crippen molar-refractivity contribution in [3.63, 3.8) is 0 Å². The number of hydrogen-bond acceptors (Lipinski definition) is 4. The number of nitrogens with one attached hydrogen (secondary N) is 1. The maximum atomic E-state index is 11.8. The van der Waals surface area contributed by atoms with E-state index in [4.69, 9.17) is 10.5 Å². The molecule has 18 heavy (non-hydrogen) atoms. The summed E-state index contributed by atoms with van der Waals surface area (Å²) in [7, 11) is 3.20. The molecule has 6 heteroatoms. The molecular weight excluding hydrogens is 234 g/mol. The minimum Gasteiger partial charge on any atom is -0.383 e. The summed E-state index contributed by atoms with van der Waals surface area (Å²) in [5.41, 5.74) is 5.55. The van der Waals surface area contributed by atoms with Crippen LogP contribution in [0.4, 0.5) is 0 Å². The summed E-state index contributed by atoms with van der Waals surface area (Å²) in [5.74, 6) is -0.0330. The molecule has 6 nitrogen and oxygen atoms in total. The predicted octanol–water partition coefficient (Wildman–Crippen LogP) is -0.418. The van der Waals surface area contributed by atoms with Crippen molar-refractivity contribution in [1.29, 1.82) is 0 Å². The fourth-order valence-electron chi connectivity index (χ4n) is 1.45. The predicted molar refractivity (Wildman–Crippen MR) is 70.0 cm³/mol. The van der Waals surface area contributed by atoms with Gasteiger partial charge in [0.15, 0.2) is 0 Å². The number of nitrogens with two attached hydrogens (primary N) is 1. The van der Waals surface area contributed by atoms with Crippen LogP contribution in [-0.4, -0.2) is 57.1 Å². The summed E-state index contributed by atoms with van der Waals surface area (Å²) in [6.45, 7) is 3.49. The Morgan fingerprint density at radius 1 is 1.44 bits per heavy atom. The first-order chi connectivity index (χ1) is 8.54. The van der Waals surface area contributed by atoms with Gasteiger partial charge in [0.2, 0.25) is 11.8 Å². The number of nitrogens with zero attached hydrogens (tertiary/aromatic N) is 1. The lowest BCUT2D eigenvalue weighted by Gasteiger charge is -2.19. The molecule has 0 aliphatic rings. The fraction of sp³-hybridized carbons (Fsp3) is 0.833. The SMILES string of the molecule is CCC(CN)CC(=O)N(C)CC(=O)NCCOC. The van der Waals surface area contributed by atoms with Crippen molar-refractivity contribution in [2.24, 2.45) is 11.7 Å². The van der Waals surface area contributed by atoms with Crippen LogP contribution < -0.4 is 11.1 Å². The van der Waals surface area contributed by atoms with Gasteiger partial charge in [-0.1, -0.05) is 13.3 Å². The van der Waals surface area contributed by atoms with Gasteiger partial charge in [-0.05, 0) is 12.5 Å². The van der Waals surface area contributed by atoms with Crippen LogP contribution in [0.25, 0.3) is 0 Å². The smallest absolute Gasteiger partial charge is 0.239 e. The fourth-order valence-corrected chi connectivity index (χ4v) is 1.45. The highest BCUT2D eigenvalue weighted by molar-refractivity contribution is 5.84. The maximum absolute atomic E-state index is 11.8. The summed E-state index contributed by atoms with van der Waals surface area (Å²) in [5, 5.41) is 2.67. The molecule has 106 valence electrons. The van der Waals surface area contributed by atoms with Crippen LogP contribution in [0.3, 0.4) is 0 Å². The molecule has 0 rings (SSSR count). The lowest BCUT2D eigenvalue weighted by atomic mass is 10.0. The molecule has 1 atom stereocenters. The first-order valence-corrected chi connectivity index (χ1v) is 6.24. The average molecular weight is 259 g/mol. The molecule has 2 amide bonds. The highest BCUT2D eigenvalue weighted by atomic mass is 16.5. The number of methoxy groups -OCH3 is 1. The number of carbonyl (C=O) groups excluding carboxylic acids is 2. The van der Waals surface area contributed by atoms with Crippen LogP contribution in [0.2, 0.25) is 0 Å². The van der Waals surface area contributed by atoms with Crippen molar-refractivity contribution >= 4 is 11.8 Å². The second-order valence-electron chi connectivity index (χ2n) is 4.31. The molecule has 0 heterocycles. The van der Waals surface area contributed by atoms with Crippen molar-refractivity contribution in [2.45, 2.75) is 19.8 Å². The van der Waals surface area contributed by atoms with Gasteiger partial charge in [0.05, 0.1) is 13.2 Å². The van der Waals surface area contributed by atoms with E-state index in [-0.39, 0.29) is 24.3 Å². The Balaban J connectivity index is 3.95. The van der Waals surface area contributed by atoms with E-state index in [2.05, 4.69) is 5.32 Å². The Kier molecular flexibility index (Phi) is 9.22. The van der Waals surface area contributed by atoms with E-state index in [1.54, 1.807) is 14.2 Å². The third kappa shape index (κ3) is 7.24. The third-order valence-electron chi connectivity index (χ3n) is 2.81. The molecule has 1 unspecified atom stereocenters. The largest absolute Gasteiger partial charge is 0.383 e. The van der Waals surface area contributed by atoms with Gasteiger partial charge in [0.1, 0.15) is 0 Å². The monoisotopic (exact) mass is 259 g/mol. The number of carbonyl (C=O) groups is 2. The number of amides is 2. The van der Waals surface area contributed by atoms with Crippen LogP contribution in [0.5, 0.6) is 0 Å². The molecule has 0 aliphatic carbocycles. The average Bonchev–Trinajstić information content (AvgIpc) is 2.35. The lowest BCUT2D eigenvalue weighted by molar-refractivity contribution is -0.135. The topological polar surface area (TPSA) is 84.7 Å². The highest BCUT2D eigenvalue weighted by Gasteiger charge is 2.16. The Hall–Kier alpha value is -1.14. The molecule has 0 saturated carbocycles. The Labute approximate surface area is 109 Å². The van der Waals surface area contributed by atoms with E-state index in [1.165, 1.54) is 4.90 Å². The van der Waals surface area contributed by atoms with Crippen molar-refractivity contribution in [3.8, 4) is 0 Å². The van der Waals surface area contributed by atoms with Gasteiger partial charge < -0.3 is 20.7 Å². The summed E-state index contributed by atoms with van der Waals surface area (Å²) in [4.78, 5) is 24.7. The zero-order chi connectivity index (χ0) is 14.0. The molecule has 0 aliphatic heterocycles. The van der Waals surface area contributed by atoms with Crippen molar-refractivity contribution in [1.82, 2.24) is 10.2 Å². The van der Waals surface area contributed by atoms with Crippen LogP contribution in [0.1, 0.15) is 19.8 Å². The van der Waals surface area contributed by atoms with Crippen molar-refractivity contribution < 1.29 is 14.3 Å². The molecule has 0 aromatic heterocycles. The van der Waals surface area contributed by atoms with Crippen LogP contribution >= 0.6 is 0 Å². The van der Waals surface area contributed by atoms with Crippen molar-refractivity contribution in [2.75, 3.05) is 40.4 Å². The zero-order valence-electron chi connectivity index (χ0n) is 11.6. The van der Waals surface area contributed by atoms with E-state index in [0.29, 0.717) is 26.1 Å². The molecule has 0 fully saturated rings. The minimum absolute atomic E-state index is 0.0470. The van der Waals surface area contributed by atoms with Gasteiger partial charge in [0, 0.05) is 27.1 Å². The van der Waals surface area contributed by atoms with Gasteiger partial charge in [-0.3, -0.25) is 9.59 Å². The normalized spacial score (nSPS) is 12.0. The zero-order valence-corrected chi connectivity index (χ0v) is 11.6. The second kappa shape index (κ2) is 9.85. The quantitative estimate of drug-likeness (QED) is 0.551. The number of hydrogen-bond donors (Lipinski definition) is 2. The second-order valence-corrected chi connectivity index (χ2v) is 4.31. The Bertz CT molecular complexity index is 255. The summed E-state index contributed by atoms with van der Waals surface area (Å²) < 4.78 is 4.82. The van der Waals surface area contributed by atoms with E-state index in [0.717, 1.165) is 6.42 Å². The van der Waals surface area contributed by atoms with Gasteiger partial charge in [-0.2, -0.15) is 0 Å². The van der Waals surface area contributed by atoms with Crippen LogP contribution in [0.15, 0.2) is 0 Å². The van der Waals surface area contributed by atoms with E-state index < -0.39 is 0 Å². The maximum Gasteiger partial charge on any atom is 0.239 e. The lowest BCUT2D eigenvalue weighted by Crippen LogP contribution is -2.40. The number of likely N-dealkylation sites (N-methyl/N-ethyl adjacent to an activating group) is 1. The standard InChI is InChI=1S/C12H25N3O3/c1-4-10(8-13)7-12(17)15(2)9-11(16)14-5-6-18-3/h10H,4-9,13H2,1-3H3,(H,14,16). The molecule has 0 radical (unpaired) electrons. The highest BCUT2D eigenvalue weighted by Crippen LogP contribution is 2.07. The van der Waals surface area contributed by atoms with E-state index in [9.17, 15) is 9.59 Å². The number of ether oxygens (including phenoxy) is 1. The van der Waals surface area contributed by atoms with Gasteiger partial charge in [-0.25, -0.2) is 0 Å². The summed E-state index contributed by atoms with van der Waals surface area (Å²) >= 11 is 0. The Morgan fingerprint density at radius 3 is 2.61 bits per heavy atom. The van der Waals surface area contributed by atoms with Crippen LogP contribution in [-0.2, 0) is 14.3 Å². The van der Waals surface area contributed by atoms with Crippen LogP contribution in [0, 0.1) is 5.92 Å². The first-order valence-electron chi connectivity index (χ1n) is 6.24. The third-order valence-corrected chi connectivity index (χ3v) is 2.81. The molecule has 0 aromatic rings. The van der Waals surface area contributed by atoms with E-state index in [1.807, 2.05) is 6.92 Å². The minimum atomic E-state index is -0.177. The van der Waals surface area contributed by atoms with Crippen molar-refractivity contribution in [3.05, 3.63) is 0 Å². The molecule has 0 saturated heterocycles. The molecule has 0 aromatic carbocycles. The first kappa shape index (κ1) is 16.9.